The number of benzene rings is 1. The Bertz CT molecular complexity index is 569. The van der Waals surface area contributed by atoms with Crippen molar-refractivity contribution in [2.75, 3.05) is 32.1 Å². The normalized spacial score (nSPS) is 19.9. The van der Waals surface area contributed by atoms with Gasteiger partial charge in [-0.3, -0.25) is 0 Å². The average molecular weight is 362 g/mol. The van der Waals surface area contributed by atoms with Gasteiger partial charge in [-0.1, -0.05) is 0 Å². The first-order valence-electron chi connectivity index (χ1n) is 6.60. The van der Waals surface area contributed by atoms with Crippen LogP contribution < -0.4 is 14.9 Å². The van der Waals surface area contributed by atoms with Gasteiger partial charge in [0.15, 0.2) is 0 Å². The van der Waals surface area contributed by atoms with E-state index in [4.69, 9.17) is 0 Å². The topological polar surface area (TPSA) is 61.4 Å². The molecular formula is C13H20BrN3O2S. The molecule has 1 fully saturated rings. The Hall–Kier alpha value is -0.630. The summed E-state index contributed by atoms with van der Waals surface area (Å²) < 4.78 is 28.4. The molecule has 0 bridgehead atoms. The molecule has 0 aromatic heterocycles. The van der Waals surface area contributed by atoms with Gasteiger partial charge in [0.1, 0.15) is 0 Å². The quantitative estimate of drug-likeness (QED) is 0.853. The number of rotatable bonds is 4. The van der Waals surface area contributed by atoms with Gasteiger partial charge >= 0.3 is 0 Å². The fraction of sp³-hybridized carbons (Fsp3) is 0.538. The molecular weight excluding hydrogens is 342 g/mol. The Morgan fingerprint density at radius 3 is 2.75 bits per heavy atom. The first kappa shape index (κ1) is 15.8. The molecule has 20 heavy (non-hydrogen) atoms. The highest BCUT2D eigenvalue weighted by atomic mass is 79.9. The van der Waals surface area contributed by atoms with Gasteiger partial charge < -0.3 is 10.2 Å². The van der Waals surface area contributed by atoms with E-state index in [1.807, 2.05) is 25.1 Å². The van der Waals surface area contributed by atoms with Crippen LogP contribution in [-0.4, -0.2) is 41.6 Å². The largest absolute Gasteiger partial charge is 0.378 e. The summed E-state index contributed by atoms with van der Waals surface area (Å²) in [6.45, 7) is 1.64. The summed E-state index contributed by atoms with van der Waals surface area (Å²) in [5.74, 6) is 0. The van der Waals surface area contributed by atoms with Gasteiger partial charge in [-0.25, -0.2) is 13.1 Å². The fourth-order valence-corrected chi connectivity index (χ4v) is 4.47. The van der Waals surface area contributed by atoms with Gasteiger partial charge in [0.05, 0.1) is 4.90 Å². The molecule has 0 spiro atoms. The fourth-order valence-electron chi connectivity index (χ4n) is 2.21. The molecule has 1 atom stereocenters. The molecule has 0 radical (unpaired) electrons. The molecule has 0 aliphatic carbocycles. The molecule has 1 aromatic rings. The number of hydrogen-bond acceptors (Lipinski definition) is 4. The average Bonchev–Trinajstić information content (AvgIpc) is 2.39. The van der Waals surface area contributed by atoms with Crippen LogP contribution in [0.2, 0.25) is 0 Å². The third kappa shape index (κ3) is 3.72. The molecule has 1 aliphatic heterocycles. The van der Waals surface area contributed by atoms with Crippen molar-refractivity contribution in [1.82, 2.24) is 10.0 Å². The highest BCUT2D eigenvalue weighted by Crippen LogP contribution is 2.27. The van der Waals surface area contributed by atoms with Crippen LogP contribution >= 0.6 is 15.9 Å². The number of halogens is 1. The molecule has 5 nitrogen and oxygen atoms in total. The molecule has 112 valence electrons. The van der Waals surface area contributed by atoms with Crippen molar-refractivity contribution >= 4 is 31.6 Å². The van der Waals surface area contributed by atoms with Crippen LogP contribution in [0.3, 0.4) is 0 Å². The van der Waals surface area contributed by atoms with Crippen LogP contribution in [-0.2, 0) is 10.0 Å². The lowest BCUT2D eigenvalue weighted by atomic mass is 10.1. The van der Waals surface area contributed by atoms with Crippen LogP contribution in [0.5, 0.6) is 0 Å². The van der Waals surface area contributed by atoms with E-state index in [1.54, 1.807) is 12.1 Å². The summed E-state index contributed by atoms with van der Waals surface area (Å²) in [4.78, 5) is 2.17. The molecule has 1 unspecified atom stereocenters. The van der Waals surface area contributed by atoms with Crippen molar-refractivity contribution in [2.24, 2.45) is 0 Å². The van der Waals surface area contributed by atoms with Crippen molar-refractivity contribution in [3.63, 3.8) is 0 Å². The summed E-state index contributed by atoms with van der Waals surface area (Å²) >= 11 is 3.33. The smallest absolute Gasteiger partial charge is 0.242 e. The third-order valence-corrected chi connectivity index (χ3v) is 5.85. The maximum Gasteiger partial charge on any atom is 0.242 e. The van der Waals surface area contributed by atoms with Gasteiger partial charge in [0.2, 0.25) is 10.0 Å². The van der Waals surface area contributed by atoms with E-state index in [0.717, 1.165) is 25.1 Å². The number of sulfonamides is 1. The van der Waals surface area contributed by atoms with E-state index < -0.39 is 10.0 Å². The standard InChI is InChI=1S/C13H20BrN3O2S/c1-17(2)11-5-6-12(14)13(8-11)20(18,19)16-10-4-3-7-15-9-10/h5-6,8,10,15-16H,3-4,7,9H2,1-2H3. The molecule has 0 amide bonds. The summed E-state index contributed by atoms with van der Waals surface area (Å²) in [5.41, 5.74) is 0.857. The minimum absolute atomic E-state index is 0.0383. The first-order chi connectivity index (χ1) is 9.40. The molecule has 2 rings (SSSR count). The highest BCUT2D eigenvalue weighted by Gasteiger charge is 2.24. The van der Waals surface area contributed by atoms with E-state index in [-0.39, 0.29) is 10.9 Å². The number of anilines is 1. The summed E-state index contributed by atoms with van der Waals surface area (Å²) in [7, 11) is 0.264. The van der Waals surface area contributed by atoms with Crippen molar-refractivity contribution < 1.29 is 8.42 Å². The van der Waals surface area contributed by atoms with Crippen LogP contribution in [0.1, 0.15) is 12.8 Å². The molecule has 1 aliphatic rings. The lowest BCUT2D eigenvalue weighted by Crippen LogP contribution is -2.45. The molecule has 7 heteroatoms. The van der Waals surface area contributed by atoms with E-state index in [0.29, 0.717) is 11.0 Å². The van der Waals surface area contributed by atoms with E-state index >= 15 is 0 Å². The SMILES string of the molecule is CN(C)c1ccc(Br)c(S(=O)(=O)NC2CCCNC2)c1. The second kappa shape index (κ2) is 6.43. The predicted molar refractivity (Wildman–Crippen MR) is 84.7 cm³/mol. The zero-order chi connectivity index (χ0) is 14.8. The lowest BCUT2D eigenvalue weighted by Gasteiger charge is -2.24. The number of hydrogen-bond donors (Lipinski definition) is 2. The Morgan fingerprint density at radius 2 is 2.15 bits per heavy atom. The Labute approximate surface area is 128 Å². The van der Waals surface area contributed by atoms with Crippen molar-refractivity contribution in [3.8, 4) is 0 Å². The molecule has 1 aromatic carbocycles. The number of piperidine rings is 1. The maximum atomic E-state index is 12.5. The molecule has 1 heterocycles. The Balaban J connectivity index is 2.26. The Kier molecular flexibility index (Phi) is 5.06. The molecule has 0 saturated carbocycles. The van der Waals surface area contributed by atoms with Gasteiger partial charge in [-0.15, -0.1) is 0 Å². The number of nitrogens with one attached hydrogen (secondary N) is 2. The zero-order valence-electron chi connectivity index (χ0n) is 11.7. The van der Waals surface area contributed by atoms with E-state index in [9.17, 15) is 8.42 Å². The third-order valence-electron chi connectivity index (χ3n) is 3.34. The first-order valence-corrected chi connectivity index (χ1v) is 8.88. The van der Waals surface area contributed by atoms with Crippen molar-refractivity contribution in [2.45, 2.75) is 23.8 Å². The van der Waals surface area contributed by atoms with Gasteiger partial charge in [0, 0.05) is 36.8 Å². The van der Waals surface area contributed by atoms with Crippen LogP contribution in [0.15, 0.2) is 27.6 Å². The number of nitrogens with zero attached hydrogens (tertiary/aromatic N) is 1. The van der Waals surface area contributed by atoms with Crippen molar-refractivity contribution in [3.05, 3.63) is 22.7 Å². The summed E-state index contributed by atoms with van der Waals surface area (Å²) in [6.07, 6.45) is 1.86. The van der Waals surface area contributed by atoms with Crippen LogP contribution in [0.4, 0.5) is 5.69 Å². The predicted octanol–water partition coefficient (Wildman–Crippen LogP) is 1.55. The van der Waals surface area contributed by atoms with Crippen LogP contribution in [0.25, 0.3) is 0 Å². The second-order valence-electron chi connectivity index (χ2n) is 5.17. The molecule has 2 N–H and O–H groups in total. The van der Waals surface area contributed by atoms with E-state index in [1.165, 1.54) is 0 Å². The monoisotopic (exact) mass is 361 g/mol. The van der Waals surface area contributed by atoms with Gasteiger partial charge in [0.25, 0.3) is 0 Å². The van der Waals surface area contributed by atoms with Crippen LogP contribution in [0, 0.1) is 0 Å². The highest BCUT2D eigenvalue weighted by molar-refractivity contribution is 9.10. The van der Waals surface area contributed by atoms with E-state index in [2.05, 4.69) is 26.0 Å². The zero-order valence-corrected chi connectivity index (χ0v) is 14.1. The maximum absolute atomic E-state index is 12.5. The summed E-state index contributed by atoms with van der Waals surface area (Å²) in [5, 5.41) is 3.21. The summed E-state index contributed by atoms with van der Waals surface area (Å²) in [6, 6.07) is 5.29. The van der Waals surface area contributed by atoms with Crippen molar-refractivity contribution in [1.29, 1.82) is 0 Å². The van der Waals surface area contributed by atoms with Gasteiger partial charge in [-0.05, 0) is 53.5 Å². The lowest BCUT2D eigenvalue weighted by molar-refractivity contribution is 0.428. The van der Waals surface area contributed by atoms with Gasteiger partial charge in [-0.2, -0.15) is 0 Å². The second-order valence-corrected chi connectivity index (χ2v) is 7.71. The Morgan fingerprint density at radius 1 is 1.40 bits per heavy atom. The molecule has 1 saturated heterocycles. The minimum Gasteiger partial charge on any atom is -0.378 e. The minimum atomic E-state index is -3.51.